The van der Waals surface area contributed by atoms with Crippen LogP contribution in [0.4, 0.5) is 24.9 Å². The molecule has 3 heterocycles. The van der Waals surface area contributed by atoms with Crippen LogP contribution in [0.2, 0.25) is 0 Å². The van der Waals surface area contributed by atoms with Crippen LogP contribution in [0.5, 0.6) is 0 Å². The highest BCUT2D eigenvalue weighted by atomic mass is 19.4. The molecule has 2 aromatic rings. The van der Waals surface area contributed by atoms with Gasteiger partial charge in [0.2, 0.25) is 5.95 Å². The first-order chi connectivity index (χ1) is 12.4. The van der Waals surface area contributed by atoms with Gasteiger partial charge in [-0.05, 0) is 25.8 Å². The second-order valence-electron chi connectivity index (χ2n) is 6.74. The van der Waals surface area contributed by atoms with Crippen LogP contribution in [-0.2, 0) is 6.18 Å². The van der Waals surface area contributed by atoms with Crippen molar-refractivity contribution in [1.29, 1.82) is 0 Å². The van der Waals surface area contributed by atoms with Crippen molar-refractivity contribution in [3.05, 3.63) is 35.5 Å². The Bertz CT molecular complexity index is 797. The molecule has 0 N–H and O–H groups in total. The summed E-state index contributed by atoms with van der Waals surface area (Å²) in [7, 11) is 0. The number of alkyl halides is 3. The predicted octanol–water partition coefficient (Wildman–Crippen LogP) is 2.80. The fourth-order valence-corrected chi connectivity index (χ4v) is 3.11. The van der Waals surface area contributed by atoms with Crippen molar-refractivity contribution < 1.29 is 13.2 Å². The van der Waals surface area contributed by atoms with E-state index >= 15 is 0 Å². The normalized spacial score (nSPS) is 18.3. The molecule has 0 radical (unpaired) electrons. The minimum Gasteiger partial charge on any atom is -0.353 e. The molecule has 6 nitrogen and oxygen atoms in total. The molecule has 0 bridgehead atoms. The Hall–Kier alpha value is -2.45. The molecule has 2 aromatic heterocycles. The van der Waals surface area contributed by atoms with Crippen LogP contribution in [0.3, 0.4) is 0 Å². The number of hydrogen-bond donors (Lipinski definition) is 0. The fourth-order valence-electron chi connectivity index (χ4n) is 3.11. The van der Waals surface area contributed by atoms with E-state index in [9.17, 15) is 13.2 Å². The maximum Gasteiger partial charge on any atom is 0.433 e. The number of aromatic nitrogens is 4. The van der Waals surface area contributed by atoms with Gasteiger partial charge in [0.1, 0.15) is 17.8 Å². The van der Waals surface area contributed by atoms with E-state index in [2.05, 4.69) is 24.8 Å². The summed E-state index contributed by atoms with van der Waals surface area (Å²) in [4.78, 5) is 20.5. The quantitative estimate of drug-likeness (QED) is 0.835. The number of rotatable bonds is 3. The number of hydrogen-bond acceptors (Lipinski definition) is 6. The van der Waals surface area contributed by atoms with Gasteiger partial charge in [0, 0.05) is 49.6 Å². The van der Waals surface area contributed by atoms with Gasteiger partial charge in [-0.1, -0.05) is 0 Å². The second-order valence-corrected chi connectivity index (χ2v) is 6.74. The van der Waals surface area contributed by atoms with Crippen LogP contribution < -0.4 is 9.80 Å². The van der Waals surface area contributed by atoms with Gasteiger partial charge in [-0.3, -0.25) is 0 Å². The van der Waals surface area contributed by atoms with E-state index in [-0.39, 0.29) is 5.95 Å². The Labute approximate surface area is 149 Å². The maximum absolute atomic E-state index is 13.0. The first kappa shape index (κ1) is 17.0. The molecule has 2 aliphatic rings. The third kappa shape index (κ3) is 3.56. The van der Waals surface area contributed by atoms with Gasteiger partial charge in [0.25, 0.3) is 0 Å². The third-order valence-corrected chi connectivity index (χ3v) is 4.69. The zero-order valence-electron chi connectivity index (χ0n) is 14.4. The Kier molecular flexibility index (Phi) is 4.16. The summed E-state index contributed by atoms with van der Waals surface area (Å²) >= 11 is 0. The van der Waals surface area contributed by atoms with Gasteiger partial charge in [0.05, 0.1) is 0 Å². The second kappa shape index (κ2) is 6.37. The van der Waals surface area contributed by atoms with Crippen molar-refractivity contribution in [2.45, 2.75) is 31.9 Å². The molecule has 2 fully saturated rings. The van der Waals surface area contributed by atoms with Crippen molar-refractivity contribution in [3.63, 3.8) is 0 Å². The van der Waals surface area contributed by atoms with E-state index in [0.717, 1.165) is 17.6 Å². The van der Waals surface area contributed by atoms with E-state index in [0.29, 0.717) is 37.8 Å². The minimum absolute atomic E-state index is 0.137. The average Bonchev–Trinajstić information content (AvgIpc) is 3.46. The highest BCUT2D eigenvalue weighted by Crippen LogP contribution is 2.39. The molecule has 0 aromatic carbocycles. The van der Waals surface area contributed by atoms with Gasteiger partial charge >= 0.3 is 6.18 Å². The molecule has 0 atom stereocenters. The largest absolute Gasteiger partial charge is 0.433 e. The summed E-state index contributed by atoms with van der Waals surface area (Å²) < 4.78 is 38.9. The summed E-state index contributed by atoms with van der Waals surface area (Å²) in [6.07, 6.45) is -0.522. The molecule has 138 valence electrons. The Morgan fingerprint density at radius 2 is 1.65 bits per heavy atom. The number of nitrogens with zero attached hydrogens (tertiary/aromatic N) is 6. The summed E-state index contributed by atoms with van der Waals surface area (Å²) in [5.41, 5.74) is 0.496. The van der Waals surface area contributed by atoms with Crippen LogP contribution in [0.1, 0.15) is 35.8 Å². The molecular weight excluding hydrogens is 345 g/mol. The van der Waals surface area contributed by atoms with Gasteiger partial charge in [-0.2, -0.15) is 13.2 Å². The predicted molar refractivity (Wildman–Crippen MR) is 90.2 cm³/mol. The average molecular weight is 364 g/mol. The van der Waals surface area contributed by atoms with E-state index in [1.807, 2.05) is 6.07 Å². The van der Waals surface area contributed by atoms with Crippen LogP contribution in [-0.4, -0.2) is 46.1 Å². The molecule has 1 saturated heterocycles. The van der Waals surface area contributed by atoms with Crippen LogP contribution in [0, 0.1) is 6.92 Å². The lowest BCUT2D eigenvalue weighted by Crippen LogP contribution is -2.47. The molecule has 0 unspecified atom stereocenters. The zero-order chi connectivity index (χ0) is 18.3. The Morgan fingerprint density at radius 3 is 2.31 bits per heavy atom. The van der Waals surface area contributed by atoms with E-state index < -0.39 is 11.9 Å². The summed E-state index contributed by atoms with van der Waals surface area (Å²) in [6, 6.07) is 3.00. The van der Waals surface area contributed by atoms with Crippen molar-refractivity contribution in [3.8, 4) is 0 Å². The van der Waals surface area contributed by atoms with Gasteiger partial charge in [-0.15, -0.1) is 0 Å². The van der Waals surface area contributed by atoms with Crippen molar-refractivity contribution in [1.82, 2.24) is 19.9 Å². The third-order valence-electron chi connectivity index (χ3n) is 4.69. The topological polar surface area (TPSA) is 58.0 Å². The number of piperazine rings is 1. The molecule has 26 heavy (non-hydrogen) atoms. The number of aryl methyl sites for hydroxylation is 1. The lowest BCUT2D eigenvalue weighted by atomic mass is 10.2. The molecule has 4 rings (SSSR count). The zero-order valence-corrected chi connectivity index (χ0v) is 14.4. The molecular formula is C17H19F3N6. The summed E-state index contributed by atoms with van der Waals surface area (Å²) in [5, 5.41) is 0. The fraction of sp³-hybridized carbons (Fsp3) is 0.529. The van der Waals surface area contributed by atoms with E-state index in [1.165, 1.54) is 12.8 Å². The van der Waals surface area contributed by atoms with Crippen LogP contribution in [0.15, 0.2) is 18.5 Å². The molecule has 9 heteroatoms. The minimum atomic E-state index is -4.47. The molecule has 1 aliphatic heterocycles. The lowest BCUT2D eigenvalue weighted by Gasteiger charge is -2.35. The Balaban J connectivity index is 1.47. The smallest absolute Gasteiger partial charge is 0.353 e. The molecule has 0 spiro atoms. The number of halogens is 3. The standard InChI is InChI=1S/C17H19F3N6/c1-11-8-14(17(18,19)20)24-16(23-11)26-6-4-25(5-7-26)15-9-13(12-2-3-12)21-10-22-15/h8-10,12H,2-7H2,1H3. The highest BCUT2D eigenvalue weighted by molar-refractivity contribution is 5.44. The SMILES string of the molecule is Cc1cc(C(F)(F)F)nc(N2CCN(c3cc(C4CC4)ncn3)CC2)n1. The van der Waals surface area contributed by atoms with Crippen molar-refractivity contribution in [2.75, 3.05) is 36.0 Å². The molecule has 0 amide bonds. The van der Waals surface area contributed by atoms with Crippen molar-refractivity contribution in [2.24, 2.45) is 0 Å². The van der Waals surface area contributed by atoms with E-state index in [4.69, 9.17) is 0 Å². The molecule has 1 saturated carbocycles. The first-order valence-electron chi connectivity index (χ1n) is 8.65. The first-order valence-corrected chi connectivity index (χ1v) is 8.65. The molecule has 1 aliphatic carbocycles. The van der Waals surface area contributed by atoms with Gasteiger partial charge in [0.15, 0.2) is 0 Å². The van der Waals surface area contributed by atoms with Gasteiger partial charge < -0.3 is 9.80 Å². The highest BCUT2D eigenvalue weighted by Gasteiger charge is 2.34. The van der Waals surface area contributed by atoms with Crippen LogP contribution >= 0.6 is 0 Å². The Morgan fingerprint density at radius 1 is 0.962 bits per heavy atom. The summed E-state index contributed by atoms with van der Waals surface area (Å²) in [5.74, 6) is 1.57. The van der Waals surface area contributed by atoms with Gasteiger partial charge in [-0.25, -0.2) is 19.9 Å². The summed E-state index contributed by atoms with van der Waals surface area (Å²) in [6.45, 7) is 3.95. The monoisotopic (exact) mass is 364 g/mol. The maximum atomic E-state index is 13.0. The number of anilines is 2. The van der Waals surface area contributed by atoms with Crippen LogP contribution in [0.25, 0.3) is 0 Å². The lowest BCUT2D eigenvalue weighted by molar-refractivity contribution is -0.141. The van der Waals surface area contributed by atoms with Crippen molar-refractivity contribution >= 4 is 11.8 Å². The van der Waals surface area contributed by atoms with E-state index in [1.54, 1.807) is 18.2 Å².